The molecule has 2 rings (SSSR count). The summed E-state index contributed by atoms with van der Waals surface area (Å²) in [5.74, 6) is -0.0542. The lowest BCUT2D eigenvalue weighted by atomic mass is 10.1. The Morgan fingerprint density at radius 3 is 2.71 bits per heavy atom. The van der Waals surface area contributed by atoms with Gasteiger partial charge in [0.05, 0.1) is 24.3 Å². The van der Waals surface area contributed by atoms with Crippen molar-refractivity contribution in [2.75, 3.05) is 6.61 Å². The summed E-state index contributed by atoms with van der Waals surface area (Å²) in [6, 6.07) is 10.9. The monoisotopic (exact) mass is 346 g/mol. The van der Waals surface area contributed by atoms with Crippen LogP contribution >= 0.6 is 11.6 Å². The molecule has 0 radical (unpaired) electrons. The van der Waals surface area contributed by atoms with E-state index < -0.39 is 0 Å². The van der Waals surface area contributed by atoms with E-state index in [-0.39, 0.29) is 28.8 Å². The standard InChI is InChI=1S/C18H19ClN2O3/c1-3-24-16-9-14(8-15(19)18(16)23)11-20-21-17(22)10-13-6-4-12(2)5-7-13/h4-9,11,23H,3,10H2,1-2H3,(H,21,22)/b20-11+. The van der Waals surface area contributed by atoms with Crippen LogP contribution in [0.2, 0.25) is 5.02 Å². The summed E-state index contributed by atoms with van der Waals surface area (Å²) >= 11 is 5.94. The minimum atomic E-state index is -0.218. The molecule has 0 bridgehead atoms. The summed E-state index contributed by atoms with van der Waals surface area (Å²) in [5.41, 5.74) is 5.13. The molecule has 6 heteroatoms. The van der Waals surface area contributed by atoms with Crippen LogP contribution < -0.4 is 10.2 Å². The number of amides is 1. The Kier molecular flexibility index (Phi) is 6.21. The quantitative estimate of drug-likeness (QED) is 0.621. The Balaban J connectivity index is 1.98. The number of benzene rings is 2. The zero-order valence-electron chi connectivity index (χ0n) is 13.5. The minimum absolute atomic E-state index is 0.112. The summed E-state index contributed by atoms with van der Waals surface area (Å²) in [7, 11) is 0. The van der Waals surface area contributed by atoms with E-state index in [1.165, 1.54) is 12.3 Å². The average Bonchev–Trinajstić information content (AvgIpc) is 2.54. The zero-order chi connectivity index (χ0) is 17.5. The van der Waals surface area contributed by atoms with Crippen molar-refractivity contribution < 1.29 is 14.6 Å². The molecule has 0 aromatic heterocycles. The lowest BCUT2D eigenvalue weighted by molar-refractivity contribution is -0.120. The number of hydrogen-bond acceptors (Lipinski definition) is 4. The predicted octanol–water partition coefficient (Wildman–Crippen LogP) is 3.45. The number of aromatic hydroxyl groups is 1. The Hall–Kier alpha value is -2.53. The van der Waals surface area contributed by atoms with E-state index >= 15 is 0 Å². The Bertz CT molecular complexity index is 743. The van der Waals surface area contributed by atoms with Crippen LogP contribution in [0.5, 0.6) is 11.5 Å². The van der Waals surface area contributed by atoms with E-state index in [1.807, 2.05) is 31.2 Å². The van der Waals surface area contributed by atoms with E-state index in [9.17, 15) is 9.90 Å². The number of nitrogens with one attached hydrogen (secondary N) is 1. The highest BCUT2D eigenvalue weighted by atomic mass is 35.5. The molecule has 0 aliphatic rings. The first-order valence-corrected chi connectivity index (χ1v) is 7.90. The average molecular weight is 347 g/mol. The van der Waals surface area contributed by atoms with Crippen LogP contribution in [0.3, 0.4) is 0 Å². The number of nitrogens with zero attached hydrogens (tertiary/aromatic N) is 1. The topological polar surface area (TPSA) is 70.9 Å². The molecule has 0 saturated carbocycles. The van der Waals surface area contributed by atoms with E-state index in [0.717, 1.165) is 11.1 Å². The molecule has 0 unspecified atom stereocenters. The van der Waals surface area contributed by atoms with E-state index in [4.69, 9.17) is 16.3 Å². The first kappa shape index (κ1) is 17.8. The first-order chi connectivity index (χ1) is 11.5. The summed E-state index contributed by atoms with van der Waals surface area (Å²) in [5, 5.41) is 13.8. The molecule has 2 aromatic rings. The molecule has 0 aliphatic carbocycles. The number of phenolic OH excluding ortho intramolecular Hbond substituents is 1. The molecule has 0 aliphatic heterocycles. The number of rotatable bonds is 6. The number of hydrogen-bond donors (Lipinski definition) is 2. The van der Waals surface area contributed by atoms with Crippen molar-refractivity contribution in [3.63, 3.8) is 0 Å². The third-order valence-corrected chi connectivity index (χ3v) is 3.53. The van der Waals surface area contributed by atoms with Gasteiger partial charge in [-0.2, -0.15) is 5.10 Å². The molecule has 1 amide bonds. The van der Waals surface area contributed by atoms with Crippen molar-refractivity contribution in [1.29, 1.82) is 0 Å². The van der Waals surface area contributed by atoms with Crippen LogP contribution in [-0.4, -0.2) is 23.8 Å². The minimum Gasteiger partial charge on any atom is -0.503 e. The maximum absolute atomic E-state index is 11.9. The molecular formula is C18H19ClN2O3. The van der Waals surface area contributed by atoms with Gasteiger partial charge in [-0.3, -0.25) is 4.79 Å². The predicted molar refractivity (Wildman–Crippen MR) is 94.9 cm³/mol. The van der Waals surface area contributed by atoms with Gasteiger partial charge >= 0.3 is 0 Å². The number of halogens is 1. The highest BCUT2D eigenvalue weighted by molar-refractivity contribution is 6.32. The Labute approximate surface area is 145 Å². The molecule has 0 heterocycles. The van der Waals surface area contributed by atoms with Gasteiger partial charge in [0.25, 0.3) is 0 Å². The van der Waals surface area contributed by atoms with Crippen LogP contribution in [0.15, 0.2) is 41.5 Å². The molecule has 0 atom stereocenters. The van der Waals surface area contributed by atoms with Gasteiger partial charge < -0.3 is 9.84 Å². The lowest BCUT2D eigenvalue weighted by Gasteiger charge is -2.08. The fourth-order valence-corrected chi connectivity index (χ4v) is 2.26. The highest BCUT2D eigenvalue weighted by Crippen LogP contribution is 2.34. The second-order valence-corrected chi connectivity index (χ2v) is 5.65. The number of carbonyl (C=O) groups is 1. The van der Waals surface area contributed by atoms with Crippen molar-refractivity contribution in [3.05, 3.63) is 58.1 Å². The van der Waals surface area contributed by atoms with Crippen LogP contribution in [0.4, 0.5) is 0 Å². The summed E-state index contributed by atoms with van der Waals surface area (Å²) in [4.78, 5) is 11.9. The molecule has 2 N–H and O–H groups in total. The SMILES string of the molecule is CCOc1cc(/C=N/NC(=O)Cc2ccc(C)cc2)cc(Cl)c1O. The first-order valence-electron chi connectivity index (χ1n) is 7.52. The number of hydrazone groups is 1. The Morgan fingerprint density at radius 2 is 2.04 bits per heavy atom. The molecule has 0 fully saturated rings. The number of carbonyl (C=O) groups excluding carboxylic acids is 1. The third kappa shape index (κ3) is 4.99. The van der Waals surface area contributed by atoms with Crippen LogP contribution in [0.25, 0.3) is 0 Å². The Morgan fingerprint density at radius 1 is 1.33 bits per heavy atom. The molecule has 24 heavy (non-hydrogen) atoms. The van der Waals surface area contributed by atoms with Crippen molar-refractivity contribution in [1.82, 2.24) is 5.43 Å². The molecule has 2 aromatic carbocycles. The van der Waals surface area contributed by atoms with Crippen molar-refractivity contribution in [2.24, 2.45) is 5.10 Å². The number of ether oxygens (including phenoxy) is 1. The van der Waals surface area contributed by atoms with Crippen LogP contribution in [0.1, 0.15) is 23.6 Å². The smallest absolute Gasteiger partial charge is 0.244 e. The summed E-state index contributed by atoms with van der Waals surface area (Å²) in [6.45, 7) is 4.20. The van der Waals surface area contributed by atoms with Gasteiger partial charge in [0, 0.05) is 0 Å². The molecule has 126 valence electrons. The zero-order valence-corrected chi connectivity index (χ0v) is 14.3. The van der Waals surface area contributed by atoms with Gasteiger partial charge in [-0.05, 0) is 37.1 Å². The van der Waals surface area contributed by atoms with Gasteiger partial charge in [0.1, 0.15) is 0 Å². The van der Waals surface area contributed by atoms with E-state index in [2.05, 4.69) is 10.5 Å². The number of aryl methyl sites for hydroxylation is 1. The molecule has 5 nitrogen and oxygen atoms in total. The summed E-state index contributed by atoms with van der Waals surface area (Å²) in [6.07, 6.45) is 1.69. The van der Waals surface area contributed by atoms with Gasteiger partial charge in [-0.1, -0.05) is 41.4 Å². The van der Waals surface area contributed by atoms with E-state index in [0.29, 0.717) is 12.2 Å². The fourth-order valence-electron chi connectivity index (χ4n) is 2.04. The van der Waals surface area contributed by atoms with Gasteiger partial charge in [0.15, 0.2) is 11.5 Å². The maximum atomic E-state index is 11.9. The largest absolute Gasteiger partial charge is 0.503 e. The van der Waals surface area contributed by atoms with Gasteiger partial charge in [0.2, 0.25) is 5.91 Å². The molecular weight excluding hydrogens is 328 g/mol. The summed E-state index contributed by atoms with van der Waals surface area (Å²) < 4.78 is 5.29. The van der Waals surface area contributed by atoms with Crippen molar-refractivity contribution >= 4 is 23.7 Å². The van der Waals surface area contributed by atoms with Gasteiger partial charge in [-0.15, -0.1) is 0 Å². The van der Waals surface area contributed by atoms with Crippen LogP contribution in [-0.2, 0) is 11.2 Å². The number of phenols is 1. The van der Waals surface area contributed by atoms with E-state index in [1.54, 1.807) is 13.0 Å². The maximum Gasteiger partial charge on any atom is 0.244 e. The second kappa shape index (κ2) is 8.36. The van der Waals surface area contributed by atoms with Crippen molar-refractivity contribution in [3.8, 4) is 11.5 Å². The third-order valence-electron chi connectivity index (χ3n) is 3.24. The fraction of sp³-hybridized carbons (Fsp3) is 0.222. The van der Waals surface area contributed by atoms with Gasteiger partial charge in [-0.25, -0.2) is 5.43 Å². The second-order valence-electron chi connectivity index (χ2n) is 5.24. The molecule has 0 spiro atoms. The highest BCUT2D eigenvalue weighted by Gasteiger charge is 2.08. The van der Waals surface area contributed by atoms with Crippen LogP contribution in [0, 0.1) is 6.92 Å². The van der Waals surface area contributed by atoms with Crippen molar-refractivity contribution in [2.45, 2.75) is 20.3 Å². The molecule has 0 saturated heterocycles. The normalized spacial score (nSPS) is 10.8. The lowest BCUT2D eigenvalue weighted by Crippen LogP contribution is -2.19.